The molecule has 0 aromatic carbocycles. The molecular formula is CBNS. The molecule has 3 heteroatoms. The van der Waals surface area contributed by atoms with Gasteiger partial charge < -0.3 is 0 Å². The molecule has 0 aliphatic rings. The Bertz CT molecular complexity index is 37.8. The first kappa shape index (κ1) is 3.90. The predicted molar refractivity (Wildman–Crippen MR) is 19.0 cm³/mol. The number of nitrogens with zero attached hydrogens (tertiary/aromatic N) is 1. The summed E-state index contributed by atoms with van der Waals surface area (Å²) >= 11 is 0.662. The van der Waals surface area contributed by atoms with E-state index in [1.54, 1.807) is 5.40 Å². The maximum atomic E-state index is 7.46. The van der Waals surface area contributed by atoms with Gasteiger partial charge in [-0.05, 0) is 0 Å². The van der Waals surface area contributed by atoms with E-state index < -0.39 is 0 Å². The van der Waals surface area contributed by atoms with Crippen molar-refractivity contribution >= 4 is 18.7 Å². The van der Waals surface area contributed by atoms with Crippen molar-refractivity contribution in [1.82, 2.24) is 0 Å². The average Bonchev–Trinajstić information content (AvgIpc) is 1.37. The van der Waals surface area contributed by atoms with Gasteiger partial charge >= 0.3 is 0 Å². The van der Waals surface area contributed by atoms with Crippen molar-refractivity contribution in [2.24, 2.45) is 0 Å². The Balaban J connectivity index is 2.43. The number of thiocyanates is 1. The predicted octanol–water partition coefficient (Wildman–Crippen LogP) is 0.284. The van der Waals surface area contributed by atoms with Crippen molar-refractivity contribution in [1.29, 1.82) is 5.26 Å². The van der Waals surface area contributed by atoms with Gasteiger partial charge in [0, 0.05) is 0 Å². The molecule has 2 radical (unpaired) electrons. The van der Waals surface area contributed by atoms with Gasteiger partial charge in [-0.2, -0.15) is 5.26 Å². The highest BCUT2D eigenvalue weighted by Crippen LogP contribution is 1.76. The zero-order valence-corrected chi connectivity index (χ0v) is 2.75. The summed E-state index contributed by atoms with van der Waals surface area (Å²) < 4.78 is 0. The second-order valence-corrected chi connectivity index (χ2v) is 0.627. The molecule has 0 unspecified atom stereocenters. The van der Waals surface area contributed by atoms with Crippen LogP contribution >= 0.6 is 11.6 Å². The Morgan fingerprint density at radius 3 is 2.25 bits per heavy atom. The third-order valence-corrected chi connectivity index (χ3v) is 0.158. The molecule has 0 aliphatic heterocycles. The Labute approximate surface area is 30.3 Å². The van der Waals surface area contributed by atoms with E-state index in [4.69, 9.17) is 5.26 Å². The Morgan fingerprint density at radius 1 is 2.00 bits per heavy atom. The molecule has 0 rings (SSSR count). The van der Waals surface area contributed by atoms with E-state index in [0.29, 0.717) is 11.6 Å². The quantitative estimate of drug-likeness (QED) is 0.301. The lowest BCUT2D eigenvalue weighted by atomic mass is 10.8. The fourth-order valence-corrected chi connectivity index (χ4v) is 0. The highest BCUT2D eigenvalue weighted by Gasteiger charge is 1.50. The SMILES string of the molecule is [B]SC#N. The van der Waals surface area contributed by atoms with Gasteiger partial charge in [0.2, 0.25) is 0 Å². The smallest absolute Gasteiger partial charge is 0.183 e. The molecule has 0 atom stereocenters. The molecule has 0 saturated carbocycles. The van der Waals surface area contributed by atoms with Crippen LogP contribution in [0.4, 0.5) is 0 Å². The summed E-state index contributed by atoms with van der Waals surface area (Å²) in [5, 5.41) is 9.09. The van der Waals surface area contributed by atoms with E-state index in [0.717, 1.165) is 0 Å². The van der Waals surface area contributed by atoms with Crippen LogP contribution in [0.15, 0.2) is 0 Å². The zero-order valence-electron chi connectivity index (χ0n) is 1.93. The van der Waals surface area contributed by atoms with Crippen molar-refractivity contribution < 1.29 is 0 Å². The van der Waals surface area contributed by atoms with E-state index in [9.17, 15) is 0 Å². The van der Waals surface area contributed by atoms with Crippen molar-refractivity contribution in [3.05, 3.63) is 0 Å². The van der Waals surface area contributed by atoms with Crippen LogP contribution in [0.3, 0.4) is 0 Å². The van der Waals surface area contributed by atoms with Gasteiger partial charge in [0.05, 0.1) is 0 Å². The van der Waals surface area contributed by atoms with Crippen LogP contribution in [0.1, 0.15) is 0 Å². The van der Waals surface area contributed by atoms with Crippen molar-refractivity contribution in [3.8, 4) is 5.40 Å². The summed E-state index contributed by atoms with van der Waals surface area (Å²) in [5.74, 6) is 0. The van der Waals surface area contributed by atoms with Crippen molar-refractivity contribution in [2.45, 2.75) is 0 Å². The molecule has 1 nitrogen and oxygen atoms in total. The summed E-state index contributed by atoms with van der Waals surface area (Å²) in [5.41, 5.74) is 0. The molecule has 18 valence electrons. The monoisotopic (exact) mass is 69.0 g/mol. The second-order valence-electron chi connectivity index (χ2n) is 0.209. The van der Waals surface area contributed by atoms with Gasteiger partial charge in [0.15, 0.2) is 7.12 Å². The van der Waals surface area contributed by atoms with Gasteiger partial charge in [-0.15, -0.1) is 11.6 Å². The van der Waals surface area contributed by atoms with Crippen molar-refractivity contribution in [2.75, 3.05) is 0 Å². The normalized spacial score (nSPS) is 4.75. The number of hydrogen-bond acceptors (Lipinski definition) is 2. The van der Waals surface area contributed by atoms with E-state index in [1.807, 2.05) is 0 Å². The highest BCUT2D eigenvalue weighted by atomic mass is 32.2. The van der Waals surface area contributed by atoms with Gasteiger partial charge in [-0.3, -0.25) is 0 Å². The minimum absolute atomic E-state index is 0.662. The standard InChI is InChI=1S/CBNS/c2-4-1-3. The fraction of sp³-hybridized carbons (Fsp3) is 0. The first-order valence-electron chi connectivity index (χ1n) is 0.663. The molecule has 0 amide bonds. The summed E-state index contributed by atoms with van der Waals surface area (Å²) in [6.07, 6.45) is 0. The molecule has 4 heavy (non-hydrogen) atoms. The Hall–Kier alpha value is -0.0951. The molecule has 0 aromatic heterocycles. The van der Waals surface area contributed by atoms with Gasteiger partial charge in [0.25, 0.3) is 0 Å². The molecule has 0 N–H and O–H groups in total. The fourth-order valence-electron chi connectivity index (χ4n) is 0. The largest absolute Gasteiger partial charge is 0.186 e. The van der Waals surface area contributed by atoms with Crippen molar-refractivity contribution in [3.63, 3.8) is 0 Å². The minimum Gasteiger partial charge on any atom is -0.186 e. The molecule has 0 spiro atoms. The summed E-state index contributed by atoms with van der Waals surface area (Å²) in [6, 6.07) is 0. The molecule has 0 aliphatic carbocycles. The lowest BCUT2D eigenvalue weighted by Gasteiger charge is -1.47. The summed E-state index contributed by atoms with van der Waals surface area (Å²) in [7, 11) is 4.58. The lowest BCUT2D eigenvalue weighted by molar-refractivity contribution is 1.57. The summed E-state index contributed by atoms with van der Waals surface area (Å²) in [6.45, 7) is 0. The van der Waals surface area contributed by atoms with Crippen LogP contribution in [0.5, 0.6) is 0 Å². The van der Waals surface area contributed by atoms with E-state index in [2.05, 4.69) is 7.12 Å². The van der Waals surface area contributed by atoms with Crippen LogP contribution < -0.4 is 0 Å². The Morgan fingerprint density at radius 2 is 2.25 bits per heavy atom. The average molecular weight is 68.9 g/mol. The lowest BCUT2D eigenvalue weighted by Crippen LogP contribution is -1.33. The molecule has 0 heterocycles. The van der Waals surface area contributed by atoms with Crippen LogP contribution in [-0.4, -0.2) is 7.12 Å². The van der Waals surface area contributed by atoms with E-state index in [1.165, 1.54) is 0 Å². The second kappa shape index (κ2) is 2.90. The molecule has 0 bridgehead atoms. The first-order valence-corrected chi connectivity index (χ1v) is 1.54. The number of hydrogen-bond donors (Lipinski definition) is 0. The highest BCUT2D eigenvalue weighted by molar-refractivity contribution is 8.23. The maximum absolute atomic E-state index is 7.46. The van der Waals surface area contributed by atoms with Gasteiger partial charge in [-0.1, -0.05) is 0 Å². The molecular weight excluding hydrogens is 68.9 g/mol. The van der Waals surface area contributed by atoms with E-state index >= 15 is 0 Å². The van der Waals surface area contributed by atoms with Gasteiger partial charge in [-0.25, -0.2) is 0 Å². The topological polar surface area (TPSA) is 23.8 Å². The van der Waals surface area contributed by atoms with Crippen LogP contribution in [-0.2, 0) is 0 Å². The first-order chi connectivity index (χ1) is 1.91. The number of rotatable bonds is 0. The maximum Gasteiger partial charge on any atom is 0.183 e. The Kier molecular flexibility index (Phi) is 2.84. The van der Waals surface area contributed by atoms with Crippen LogP contribution in [0, 0.1) is 10.7 Å². The third kappa shape index (κ3) is 1.90. The van der Waals surface area contributed by atoms with Gasteiger partial charge in [0.1, 0.15) is 5.40 Å². The number of nitriles is 1. The van der Waals surface area contributed by atoms with Crippen LogP contribution in [0.25, 0.3) is 0 Å². The molecule has 0 saturated heterocycles. The van der Waals surface area contributed by atoms with E-state index in [-0.39, 0.29) is 0 Å². The molecule has 0 aromatic rings. The summed E-state index contributed by atoms with van der Waals surface area (Å²) in [4.78, 5) is 0. The molecule has 0 fully saturated rings. The minimum atomic E-state index is 0.662. The third-order valence-electron chi connectivity index (χ3n) is 0.0527. The van der Waals surface area contributed by atoms with Crippen LogP contribution in [0.2, 0.25) is 0 Å². The zero-order chi connectivity index (χ0) is 3.41.